The van der Waals surface area contributed by atoms with Crippen molar-refractivity contribution >= 4 is 43.5 Å². The maximum Gasteiger partial charge on any atom is 0.164 e. The number of benzene rings is 7. The number of fused-ring (bicyclic) bond motifs is 5. The van der Waals surface area contributed by atoms with Crippen molar-refractivity contribution in [3.05, 3.63) is 152 Å². The Balaban J connectivity index is 1.25. The highest BCUT2D eigenvalue weighted by molar-refractivity contribution is 6.15. The highest BCUT2D eigenvalue weighted by atomic mass is 16.3. The molecular formula is C41H25N3O. The molecule has 0 radical (unpaired) electrons. The summed E-state index contributed by atoms with van der Waals surface area (Å²) in [7, 11) is 0. The van der Waals surface area contributed by atoms with Crippen molar-refractivity contribution in [3.8, 4) is 45.3 Å². The van der Waals surface area contributed by atoms with E-state index in [0.717, 1.165) is 54.6 Å². The van der Waals surface area contributed by atoms with Crippen molar-refractivity contribution < 1.29 is 11.3 Å². The topological polar surface area (TPSA) is 51.8 Å². The number of nitrogens with zero attached hydrogens (tertiary/aromatic N) is 3. The van der Waals surface area contributed by atoms with Crippen LogP contribution in [0.2, 0.25) is 0 Å². The van der Waals surface area contributed by atoms with Crippen LogP contribution >= 0.6 is 0 Å². The molecule has 0 saturated heterocycles. The fraction of sp³-hybridized carbons (Fsp3) is 0. The molecule has 4 nitrogen and oxygen atoms in total. The predicted octanol–water partition coefficient (Wildman–Crippen LogP) is 10.7. The Morgan fingerprint density at radius 2 is 1.07 bits per heavy atom. The zero-order valence-electron chi connectivity index (χ0n) is 28.8. The summed E-state index contributed by atoms with van der Waals surface area (Å²) in [5.41, 5.74) is 4.46. The van der Waals surface area contributed by atoms with E-state index in [4.69, 9.17) is 26.2 Å². The van der Waals surface area contributed by atoms with Crippen molar-refractivity contribution in [2.75, 3.05) is 0 Å². The fourth-order valence-corrected chi connectivity index (χ4v) is 5.96. The number of rotatable bonds is 4. The maximum atomic E-state index is 8.44. The molecule has 9 aromatic rings. The Kier molecular flexibility index (Phi) is 4.72. The van der Waals surface area contributed by atoms with Gasteiger partial charge >= 0.3 is 0 Å². The molecule has 2 aromatic heterocycles. The predicted molar refractivity (Wildman–Crippen MR) is 184 cm³/mol. The Morgan fingerprint density at radius 1 is 0.444 bits per heavy atom. The molecule has 4 heteroatoms. The number of hydrogen-bond donors (Lipinski definition) is 0. The van der Waals surface area contributed by atoms with Crippen LogP contribution in [0, 0.1) is 0 Å². The highest BCUT2D eigenvalue weighted by Crippen LogP contribution is 2.38. The summed E-state index contributed by atoms with van der Waals surface area (Å²) in [5, 5.41) is 6.23. The van der Waals surface area contributed by atoms with Crippen molar-refractivity contribution in [2.24, 2.45) is 0 Å². The van der Waals surface area contributed by atoms with Crippen molar-refractivity contribution in [1.29, 1.82) is 0 Å². The molecular weight excluding hydrogens is 550 g/mol. The van der Waals surface area contributed by atoms with Crippen LogP contribution in [0.5, 0.6) is 0 Å². The molecule has 9 rings (SSSR count). The van der Waals surface area contributed by atoms with Gasteiger partial charge in [-0.2, -0.15) is 0 Å². The smallest absolute Gasteiger partial charge is 0.164 e. The second kappa shape index (κ2) is 10.2. The first-order valence-corrected chi connectivity index (χ1v) is 14.6. The minimum absolute atomic E-state index is 0.141. The number of furan rings is 1. The minimum atomic E-state index is -0.423. The van der Waals surface area contributed by atoms with E-state index in [9.17, 15) is 0 Å². The number of aromatic nitrogens is 3. The summed E-state index contributed by atoms with van der Waals surface area (Å²) >= 11 is 0. The van der Waals surface area contributed by atoms with Crippen molar-refractivity contribution in [1.82, 2.24) is 15.0 Å². The first kappa shape index (κ1) is 20.7. The van der Waals surface area contributed by atoms with Gasteiger partial charge in [0.1, 0.15) is 11.2 Å². The number of hydrogen-bond acceptors (Lipinski definition) is 4. The average molecular weight is 581 g/mol. The molecule has 0 aliphatic heterocycles. The second-order valence-corrected chi connectivity index (χ2v) is 10.9. The van der Waals surface area contributed by atoms with E-state index in [0.29, 0.717) is 28.6 Å². The molecule has 0 amide bonds. The molecule has 0 fully saturated rings. The van der Waals surface area contributed by atoms with Gasteiger partial charge in [0, 0.05) is 27.5 Å². The molecule has 0 atom stereocenters. The van der Waals surface area contributed by atoms with E-state index in [1.165, 1.54) is 0 Å². The standard InChI is InChI=1S/C41H25N3O/c1-2-9-26(10-3-1)28-17-20-29(21-18-28)39-42-40(33-22-19-27-11-4-5-12-30(27)23-33)44-41(43-39)34-15-8-16-36-38(34)35-24-31-13-6-7-14-32(31)25-37(35)45-36/h1-25H/i1D,2D,3D,9D,10D. The molecule has 0 aliphatic carbocycles. The third-order valence-corrected chi connectivity index (χ3v) is 8.18. The van der Waals surface area contributed by atoms with Gasteiger partial charge < -0.3 is 4.42 Å². The fourth-order valence-electron chi connectivity index (χ4n) is 5.96. The molecule has 7 aromatic carbocycles. The molecule has 0 saturated carbocycles. The van der Waals surface area contributed by atoms with Gasteiger partial charge in [0.25, 0.3) is 0 Å². The van der Waals surface area contributed by atoms with Gasteiger partial charge in [-0.15, -0.1) is 0 Å². The van der Waals surface area contributed by atoms with Crippen LogP contribution in [0.25, 0.3) is 88.8 Å². The molecule has 45 heavy (non-hydrogen) atoms. The lowest BCUT2D eigenvalue weighted by Crippen LogP contribution is -2.00. The van der Waals surface area contributed by atoms with E-state index in [1.54, 1.807) is 24.3 Å². The van der Waals surface area contributed by atoms with Crippen LogP contribution in [0.3, 0.4) is 0 Å². The van der Waals surface area contributed by atoms with E-state index < -0.39 is 6.04 Å². The normalized spacial score (nSPS) is 13.1. The molecule has 210 valence electrons. The summed E-state index contributed by atoms with van der Waals surface area (Å²) in [4.78, 5) is 15.0. The lowest BCUT2D eigenvalue weighted by atomic mass is 10.0. The van der Waals surface area contributed by atoms with Crippen LogP contribution in [-0.4, -0.2) is 15.0 Å². The summed E-state index contributed by atoms with van der Waals surface area (Å²) in [6.45, 7) is 0. The van der Waals surface area contributed by atoms with Gasteiger partial charge in [-0.25, -0.2) is 15.0 Å². The quantitative estimate of drug-likeness (QED) is 0.208. The molecule has 0 bridgehead atoms. The zero-order valence-corrected chi connectivity index (χ0v) is 23.8. The Labute approximate surface area is 266 Å². The highest BCUT2D eigenvalue weighted by Gasteiger charge is 2.18. The average Bonchev–Trinajstić information content (AvgIpc) is 3.53. The summed E-state index contributed by atoms with van der Waals surface area (Å²) in [5.74, 6) is 1.41. The van der Waals surface area contributed by atoms with Gasteiger partial charge in [0.15, 0.2) is 17.5 Å². The van der Waals surface area contributed by atoms with Gasteiger partial charge in [0.2, 0.25) is 0 Å². The van der Waals surface area contributed by atoms with E-state index in [-0.39, 0.29) is 29.7 Å². The second-order valence-electron chi connectivity index (χ2n) is 10.9. The van der Waals surface area contributed by atoms with Crippen LogP contribution < -0.4 is 0 Å². The van der Waals surface area contributed by atoms with Crippen molar-refractivity contribution in [3.63, 3.8) is 0 Å². The van der Waals surface area contributed by atoms with Gasteiger partial charge in [-0.05, 0) is 56.9 Å². The van der Waals surface area contributed by atoms with E-state index >= 15 is 0 Å². The molecule has 0 N–H and O–H groups in total. The minimum Gasteiger partial charge on any atom is -0.456 e. The Bertz CT molecular complexity index is 2800. The van der Waals surface area contributed by atoms with Crippen LogP contribution in [0.4, 0.5) is 0 Å². The van der Waals surface area contributed by atoms with Gasteiger partial charge in [-0.3, -0.25) is 0 Å². The SMILES string of the molecule is [2H]c1c([2H])c([2H])c(-c2ccc(-c3nc(-c4ccc5ccccc5c4)nc(-c4cccc5oc6cc7ccccc7cc6c45)n3)cc2)c([2H])c1[2H]. The maximum absolute atomic E-state index is 8.44. The first-order valence-electron chi connectivity index (χ1n) is 17.1. The van der Waals surface area contributed by atoms with Crippen LogP contribution in [-0.2, 0) is 0 Å². The third-order valence-electron chi connectivity index (χ3n) is 8.18. The molecule has 0 spiro atoms. The van der Waals surface area contributed by atoms with Crippen molar-refractivity contribution in [2.45, 2.75) is 0 Å². The summed E-state index contributed by atoms with van der Waals surface area (Å²) in [6.07, 6.45) is 0. The molecule has 0 unspecified atom stereocenters. The molecule has 2 heterocycles. The lowest BCUT2D eigenvalue weighted by Gasteiger charge is -2.10. The van der Waals surface area contributed by atoms with Gasteiger partial charge in [-0.1, -0.05) is 127 Å². The monoisotopic (exact) mass is 580 g/mol. The first-order chi connectivity index (χ1) is 24.3. The zero-order chi connectivity index (χ0) is 34.1. The largest absolute Gasteiger partial charge is 0.456 e. The van der Waals surface area contributed by atoms with E-state index in [1.807, 2.05) is 48.5 Å². The third kappa shape index (κ3) is 4.43. The summed E-state index contributed by atoms with van der Waals surface area (Å²) < 4.78 is 47.4. The summed E-state index contributed by atoms with van der Waals surface area (Å²) in [6, 6.07) is 37.9. The van der Waals surface area contributed by atoms with E-state index in [2.05, 4.69) is 48.5 Å². The van der Waals surface area contributed by atoms with Crippen LogP contribution in [0.1, 0.15) is 6.85 Å². The van der Waals surface area contributed by atoms with Gasteiger partial charge in [0.05, 0.1) is 6.85 Å². The van der Waals surface area contributed by atoms with Crippen LogP contribution in [0.15, 0.2) is 156 Å². The Morgan fingerprint density at radius 3 is 1.84 bits per heavy atom. The lowest BCUT2D eigenvalue weighted by molar-refractivity contribution is 0.669. The Hall–Kier alpha value is -6.13. The molecule has 0 aliphatic rings.